The van der Waals surface area contributed by atoms with E-state index in [-0.39, 0.29) is 5.91 Å². The van der Waals surface area contributed by atoms with Crippen molar-refractivity contribution in [3.05, 3.63) is 35.9 Å². The third kappa shape index (κ3) is 5.14. The van der Waals surface area contributed by atoms with Gasteiger partial charge >= 0.3 is 0 Å². The highest BCUT2D eigenvalue weighted by molar-refractivity contribution is 5.77. The van der Waals surface area contributed by atoms with Gasteiger partial charge in [0.25, 0.3) is 0 Å². The van der Waals surface area contributed by atoms with E-state index in [0.29, 0.717) is 37.4 Å². The number of aromatic nitrogens is 2. The molecule has 0 aliphatic carbocycles. The van der Waals surface area contributed by atoms with Crippen molar-refractivity contribution in [2.24, 2.45) is 0 Å². The average Bonchev–Trinajstić information content (AvgIpc) is 3.25. The van der Waals surface area contributed by atoms with Crippen LogP contribution in [0.25, 0.3) is 0 Å². The van der Waals surface area contributed by atoms with Gasteiger partial charge in [-0.1, -0.05) is 5.16 Å². The van der Waals surface area contributed by atoms with E-state index in [1.807, 2.05) is 12.1 Å². The van der Waals surface area contributed by atoms with E-state index >= 15 is 0 Å². The highest BCUT2D eigenvalue weighted by Gasteiger charge is 2.22. The van der Waals surface area contributed by atoms with Gasteiger partial charge in [0.15, 0.2) is 5.82 Å². The van der Waals surface area contributed by atoms with Gasteiger partial charge in [-0.2, -0.15) is 4.98 Å². The van der Waals surface area contributed by atoms with Gasteiger partial charge in [0.2, 0.25) is 11.8 Å². The number of carbonyl (C=O) groups is 1. The normalized spacial score (nSPS) is 18.4. The van der Waals surface area contributed by atoms with Crippen LogP contribution in [0.15, 0.2) is 27.3 Å². The molecular formula is C17H25N5O3. The smallest absolute Gasteiger partial charge is 0.236 e. The molecule has 2 aromatic rings. The lowest BCUT2D eigenvalue weighted by Crippen LogP contribution is -2.48. The summed E-state index contributed by atoms with van der Waals surface area (Å²) in [5, 5.41) is 7.33. The van der Waals surface area contributed by atoms with Crippen LogP contribution in [0.5, 0.6) is 0 Å². The molecule has 1 amide bonds. The third-order valence-electron chi connectivity index (χ3n) is 4.38. The molecular weight excluding hydrogens is 322 g/mol. The number of furan rings is 1. The Bertz CT molecular complexity index is 670. The molecule has 0 radical (unpaired) electrons. The fourth-order valence-electron chi connectivity index (χ4n) is 3.06. The Kier molecular flexibility index (Phi) is 5.83. The lowest BCUT2D eigenvalue weighted by molar-refractivity contribution is -0.129. The largest absolute Gasteiger partial charge is 0.467 e. The summed E-state index contributed by atoms with van der Waals surface area (Å²) in [7, 11) is 1.79. The van der Waals surface area contributed by atoms with Crippen molar-refractivity contribution in [1.29, 1.82) is 0 Å². The van der Waals surface area contributed by atoms with Crippen LogP contribution < -0.4 is 5.32 Å². The van der Waals surface area contributed by atoms with Crippen molar-refractivity contribution < 1.29 is 13.7 Å². The molecule has 1 aliphatic heterocycles. The molecule has 1 N–H and O–H groups in total. The number of likely N-dealkylation sites (N-methyl/N-ethyl adjacent to an activating group) is 1. The van der Waals surface area contributed by atoms with E-state index in [4.69, 9.17) is 8.94 Å². The first-order chi connectivity index (χ1) is 12.1. The van der Waals surface area contributed by atoms with Crippen LogP contribution in [0.1, 0.15) is 30.3 Å². The number of hydrogen-bond acceptors (Lipinski definition) is 7. The van der Waals surface area contributed by atoms with E-state index in [9.17, 15) is 4.79 Å². The lowest BCUT2D eigenvalue weighted by atomic mass is 10.1. The van der Waals surface area contributed by atoms with Crippen molar-refractivity contribution in [2.75, 3.05) is 26.7 Å². The van der Waals surface area contributed by atoms with Gasteiger partial charge in [0, 0.05) is 26.6 Å². The number of likely N-dealkylation sites (tertiary alicyclic amines) is 1. The van der Waals surface area contributed by atoms with Gasteiger partial charge in [-0.05, 0) is 31.5 Å². The van der Waals surface area contributed by atoms with Crippen molar-refractivity contribution in [3.8, 4) is 0 Å². The summed E-state index contributed by atoms with van der Waals surface area (Å²) < 4.78 is 10.3. The number of carbonyl (C=O) groups excluding carboxylic acids is 1. The predicted octanol–water partition coefficient (Wildman–Crippen LogP) is 1.18. The van der Waals surface area contributed by atoms with Crippen LogP contribution in [0.4, 0.5) is 0 Å². The van der Waals surface area contributed by atoms with E-state index < -0.39 is 0 Å². The molecule has 25 heavy (non-hydrogen) atoms. The Balaban J connectivity index is 1.42. The van der Waals surface area contributed by atoms with Crippen molar-refractivity contribution in [2.45, 2.75) is 38.9 Å². The first kappa shape index (κ1) is 17.6. The Morgan fingerprint density at radius 2 is 2.40 bits per heavy atom. The second-order valence-electron chi connectivity index (χ2n) is 6.51. The molecule has 0 spiro atoms. The first-order valence-corrected chi connectivity index (χ1v) is 8.61. The number of piperidine rings is 1. The average molecular weight is 347 g/mol. The highest BCUT2D eigenvalue weighted by Crippen LogP contribution is 2.12. The fraction of sp³-hybridized carbons (Fsp3) is 0.588. The maximum atomic E-state index is 12.3. The van der Waals surface area contributed by atoms with Gasteiger partial charge < -0.3 is 19.2 Å². The molecule has 1 aliphatic rings. The second-order valence-corrected chi connectivity index (χ2v) is 6.51. The lowest BCUT2D eigenvalue weighted by Gasteiger charge is -2.32. The number of aryl methyl sites for hydroxylation is 1. The van der Waals surface area contributed by atoms with Crippen molar-refractivity contribution >= 4 is 5.91 Å². The number of rotatable bonds is 7. The third-order valence-corrected chi connectivity index (χ3v) is 4.38. The van der Waals surface area contributed by atoms with Gasteiger partial charge in [0.1, 0.15) is 5.76 Å². The molecule has 1 saturated heterocycles. The molecule has 1 atom stereocenters. The standard InChI is InChI=1S/C17H25N5O3/c1-13-19-16(20-25-13)12-22-7-3-5-14(10-22)18-9-17(23)21(2)11-15-6-4-8-24-15/h4,6,8,14,18H,3,5,7,9-12H2,1-2H3/t14-/m1/s1. The van der Waals surface area contributed by atoms with Crippen molar-refractivity contribution in [1.82, 2.24) is 25.3 Å². The Hall–Kier alpha value is -2.19. The summed E-state index contributed by atoms with van der Waals surface area (Å²) in [6, 6.07) is 3.99. The minimum absolute atomic E-state index is 0.0577. The van der Waals surface area contributed by atoms with Gasteiger partial charge in [-0.3, -0.25) is 9.69 Å². The fourth-order valence-corrected chi connectivity index (χ4v) is 3.06. The van der Waals surface area contributed by atoms with Crippen LogP contribution >= 0.6 is 0 Å². The summed E-state index contributed by atoms with van der Waals surface area (Å²) in [5.41, 5.74) is 0. The summed E-state index contributed by atoms with van der Waals surface area (Å²) in [4.78, 5) is 20.5. The molecule has 0 saturated carbocycles. The first-order valence-electron chi connectivity index (χ1n) is 8.61. The van der Waals surface area contributed by atoms with Crippen LogP contribution in [0, 0.1) is 6.92 Å². The summed E-state index contributed by atoms with van der Waals surface area (Å²) in [5.74, 6) is 2.15. The van der Waals surface area contributed by atoms with Crippen molar-refractivity contribution in [3.63, 3.8) is 0 Å². The quantitative estimate of drug-likeness (QED) is 0.805. The topological polar surface area (TPSA) is 87.6 Å². The van der Waals surface area contributed by atoms with E-state index in [1.54, 1.807) is 25.1 Å². The van der Waals surface area contributed by atoms with Gasteiger partial charge in [-0.15, -0.1) is 0 Å². The maximum absolute atomic E-state index is 12.3. The molecule has 3 heterocycles. The number of nitrogens with zero attached hydrogens (tertiary/aromatic N) is 4. The van der Waals surface area contributed by atoms with E-state index in [0.717, 1.165) is 31.7 Å². The molecule has 1 fully saturated rings. The molecule has 8 nitrogen and oxygen atoms in total. The zero-order valence-electron chi connectivity index (χ0n) is 14.8. The predicted molar refractivity (Wildman–Crippen MR) is 90.5 cm³/mol. The van der Waals surface area contributed by atoms with E-state index in [1.165, 1.54) is 0 Å². The van der Waals surface area contributed by atoms with Crippen LogP contribution in [-0.4, -0.2) is 58.6 Å². The molecule has 2 aromatic heterocycles. The van der Waals surface area contributed by atoms with E-state index in [2.05, 4.69) is 20.4 Å². The molecule has 8 heteroatoms. The number of nitrogens with one attached hydrogen (secondary N) is 1. The summed E-state index contributed by atoms with van der Waals surface area (Å²) in [6.45, 7) is 5.18. The zero-order chi connectivity index (χ0) is 17.6. The van der Waals surface area contributed by atoms with Crippen LogP contribution in [-0.2, 0) is 17.9 Å². The number of amides is 1. The van der Waals surface area contributed by atoms with Gasteiger partial charge in [0.05, 0.1) is 25.9 Å². The second kappa shape index (κ2) is 8.26. The number of hydrogen-bond donors (Lipinski definition) is 1. The highest BCUT2D eigenvalue weighted by atomic mass is 16.5. The Labute approximate surface area is 147 Å². The minimum Gasteiger partial charge on any atom is -0.467 e. The Morgan fingerprint density at radius 3 is 3.12 bits per heavy atom. The molecule has 136 valence electrons. The van der Waals surface area contributed by atoms with Crippen LogP contribution in [0.3, 0.4) is 0 Å². The molecule has 0 aromatic carbocycles. The Morgan fingerprint density at radius 1 is 1.52 bits per heavy atom. The molecule has 3 rings (SSSR count). The summed E-state index contributed by atoms with van der Waals surface area (Å²) in [6.07, 6.45) is 3.77. The molecule has 0 bridgehead atoms. The van der Waals surface area contributed by atoms with Crippen LogP contribution in [0.2, 0.25) is 0 Å². The minimum atomic E-state index is 0.0577. The monoisotopic (exact) mass is 347 g/mol. The van der Waals surface area contributed by atoms with Gasteiger partial charge in [-0.25, -0.2) is 0 Å². The summed E-state index contributed by atoms with van der Waals surface area (Å²) >= 11 is 0. The SMILES string of the molecule is Cc1nc(CN2CCC[C@@H](NCC(=O)N(C)Cc3ccco3)C2)no1. The zero-order valence-corrected chi connectivity index (χ0v) is 14.8. The maximum Gasteiger partial charge on any atom is 0.236 e. The molecule has 0 unspecified atom stereocenters.